The van der Waals surface area contributed by atoms with Crippen LogP contribution in [0.25, 0.3) is 0 Å². The number of ether oxygens (including phenoxy) is 3. The summed E-state index contributed by atoms with van der Waals surface area (Å²) in [5.74, 6) is -0.661. The molecule has 5 heteroatoms. The van der Waals surface area contributed by atoms with Gasteiger partial charge in [0.1, 0.15) is 6.07 Å². The van der Waals surface area contributed by atoms with Crippen LogP contribution in [0.4, 0.5) is 0 Å². The molecule has 0 N–H and O–H groups in total. The number of nitrogens with zero attached hydrogens (tertiary/aromatic N) is 1. The van der Waals surface area contributed by atoms with Gasteiger partial charge in [-0.1, -0.05) is 6.58 Å². The molecule has 0 aromatic carbocycles. The first-order valence-corrected chi connectivity index (χ1v) is 4.17. The highest BCUT2D eigenvalue weighted by Gasteiger charge is 2.26. The molecule has 0 saturated carbocycles. The standard InChI is InChI=1S/C9H11NO4/c1-6(5-10)14-8(11)7(2)9-12-3-4-13-9/h6,9H,2-4H2,1H3. The van der Waals surface area contributed by atoms with Gasteiger partial charge in [0, 0.05) is 0 Å². The summed E-state index contributed by atoms with van der Waals surface area (Å²) in [5.41, 5.74) is 0.0876. The molecule has 0 aromatic rings. The van der Waals surface area contributed by atoms with Gasteiger partial charge in [0.15, 0.2) is 12.4 Å². The molecule has 14 heavy (non-hydrogen) atoms. The van der Waals surface area contributed by atoms with Gasteiger partial charge in [0.05, 0.1) is 18.8 Å². The summed E-state index contributed by atoms with van der Waals surface area (Å²) in [6.45, 7) is 5.83. The molecule has 1 heterocycles. The van der Waals surface area contributed by atoms with Crippen molar-refractivity contribution in [1.29, 1.82) is 5.26 Å². The van der Waals surface area contributed by atoms with Crippen molar-refractivity contribution in [2.24, 2.45) is 0 Å². The van der Waals surface area contributed by atoms with Gasteiger partial charge in [0.2, 0.25) is 0 Å². The lowest BCUT2D eigenvalue weighted by atomic mass is 10.3. The molecule has 0 amide bonds. The predicted molar refractivity (Wildman–Crippen MR) is 46.0 cm³/mol. The van der Waals surface area contributed by atoms with E-state index >= 15 is 0 Å². The van der Waals surface area contributed by atoms with Crippen LogP contribution in [0.15, 0.2) is 12.2 Å². The van der Waals surface area contributed by atoms with Crippen LogP contribution in [0.5, 0.6) is 0 Å². The molecule has 1 atom stereocenters. The Kier molecular flexibility index (Phi) is 3.63. The zero-order valence-electron chi connectivity index (χ0n) is 7.86. The molecular formula is C9H11NO4. The number of rotatable bonds is 3. The van der Waals surface area contributed by atoms with E-state index in [0.717, 1.165) is 0 Å². The van der Waals surface area contributed by atoms with Crippen LogP contribution < -0.4 is 0 Å². The molecule has 1 fully saturated rings. The number of hydrogen-bond acceptors (Lipinski definition) is 5. The Balaban J connectivity index is 2.44. The molecule has 1 aliphatic rings. The monoisotopic (exact) mass is 197 g/mol. The van der Waals surface area contributed by atoms with E-state index in [2.05, 4.69) is 6.58 Å². The summed E-state index contributed by atoms with van der Waals surface area (Å²) < 4.78 is 14.8. The SMILES string of the molecule is C=C(C(=O)OC(C)C#N)C1OCCO1. The molecule has 1 aliphatic heterocycles. The Morgan fingerprint density at radius 3 is 2.71 bits per heavy atom. The van der Waals surface area contributed by atoms with Crippen molar-refractivity contribution in [3.8, 4) is 6.07 Å². The quantitative estimate of drug-likeness (QED) is 0.483. The van der Waals surface area contributed by atoms with E-state index in [1.165, 1.54) is 6.92 Å². The second-order valence-corrected chi connectivity index (χ2v) is 2.78. The zero-order valence-corrected chi connectivity index (χ0v) is 7.86. The van der Waals surface area contributed by atoms with Crippen LogP contribution >= 0.6 is 0 Å². The van der Waals surface area contributed by atoms with Gasteiger partial charge in [-0.15, -0.1) is 0 Å². The van der Waals surface area contributed by atoms with Crippen LogP contribution in [-0.4, -0.2) is 31.6 Å². The second kappa shape index (κ2) is 4.74. The first-order valence-electron chi connectivity index (χ1n) is 4.17. The highest BCUT2D eigenvalue weighted by atomic mass is 16.7. The maximum absolute atomic E-state index is 11.3. The maximum Gasteiger partial charge on any atom is 0.339 e. The molecule has 5 nitrogen and oxygen atoms in total. The minimum Gasteiger partial charge on any atom is -0.444 e. The van der Waals surface area contributed by atoms with E-state index < -0.39 is 18.4 Å². The van der Waals surface area contributed by atoms with Crippen molar-refractivity contribution in [1.82, 2.24) is 0 Å². The Morgan fingerprint density at radius 2 is 2.21 bits per heavy atom. The molecule has 1 saturated heterocycles. The molecule has 1 rings (SSSR count). The van der Waals surface area contributed by atoms with Crippen molar-refractivity contribution in [3.63, 3.8) is 0 Å². The first-order chi connectivity index (χ1) is 6.65. The number of esters is 1. The first kappa shape index (κ1) is 10.7. The maximum atomic E-state index is 11.3. The highest BCUT2D eigenvalue weighted by Crippen LogP contribution is 2.14. The lowest BCUT2D eigenvalue weighted by Gasteiger charge is -2.12. The highest BCUT2D eigenvalue weighted by molar-refractivity contribution is 5.88. The van der Waals surface area contributed by atoms with Gasteiger partial charge in [-0.25, -0.2) is 4.79 Å². The van der Waals surface area contributed by atoms with Gasteiger partial charge < -0.3 is 14.2 Å². The topological polar surface area (TPSA) is 68.6 Å². The van der Waals surface area contributed by atoms with Crippen LogP contribution in [0.2, 0.25) is 0 Å². The summed E-state index contributed by atoms with van der Waals surface area (Å²) >= 11 is 0. The minimum absolute atomic E-state index is 0.0876. The number of carbonyl (C=O) groups excluding carboxylic acids is 1. The van der Waals surface area contributed by atoms with Crippen LogP contribution in [0.1, 0.15) is 6.92 Å². The third kappa shape index (κ3) is 2.55. The molecule has 76 valence electrons. The summed E-state index contributed by atoms with van der Waals surface area (Å²) in [7, 11) is 0. The van der Waals surface area contributed by atoms with Crippen molar-refractivity contribution in [3.05, 3.63) is 12.2 Å². The summed E-state index contributed by atoms with van der Waals surface area (Å²) in [6.07, 6.45) is -1.52. The molecule has 1 unspecified atom stereocenters. The van der Waals surface area contributed by atoms with Gasteiger partial charge in [-0.3, -0.25) is 0 Å². The molecule has 0 radical (unpaired) electrons. The molecule has 0 aromatic heterocycles. The van der Waals surface area contributed by atoms with Crippen LogP contribution in [-0.2, 0) is 19.0 Å². The summed E-state index contributed by atoms with van der Waals surface area (Å²) in [4.78, 5) is 11.3. The van der Waals surface area contributed by atoms with Crippen molar-refractivity contribution < 1.29 is 19.0 Å². The second-order valence-electron chi connectivity index (χ2n) is 2.78. The Labute approximate surface area is 81.9 Å². The fourth-order valence-electron chi connectivity index (χ4n) is 0.918. The fourth-order valence-corrected chi connectivity index (χ4v) is 0.918. The number of hydrogen-bond donors (Lipinski definition) is 0. The predicted octanol–water partition coefficient (Wildman–Crippen LogP) is 0.371. The van der Waals surface area contributed by atoms with E-state index in [1.54, 1.807) is 6.07 Å². The van der Waals surface area contributed by atoms with E-state index in [-0.39, 0.29) is 5.57 Å². The molecule has 0 bridgehead atoms. The molecule has 0 aliphatic carbocycles. The van der Waals surface area contributed by atoms with Gasteiger partial charge in [0.25, 0.3) is 0 Å². The summed E-state index contributed by atoms with van der Waals surface area (Å²) in [5, 5.41) is 8.41. The zero-order chi connectivity index (χ0) is 10.6. The average molecular weight is 197 g/mol. The van der Waals surface area contributed by atoms with Crippen LogP contribution in [0.3, 0.4) is 0 Å². The van der Waals surface area contributed by atoms with E-state index in [4.69, 9.17) is 19.5 Å². The lowest BCUT2D eigenvalue weighted by Crippen LogP contribution is -2.23. The third-order valence-electron chi connectivity index (χ3n) is 1.63. The smallest absolute Gasteiger partial charge is 0.339 e. The Bertz CT molecular complexity index is 275. The van der Waals surface area contributed by atoms with Gasteiger partial charge >= 0.3 is 5.97 Å². The third-order valence-corrected chi connectivity index (χ3v) is 1.63. The fraction of sp³-hybridized carbons (Fsp3) is 0.556. The number of carbonyl (C=O) groups is 1. The number of nitriles is 1. The average Bonchev–Trinajstić information content (AvgIpc) is 2.69. The van der Waals surface area contributed by atoms with Crippen LogP contribution in [0, 0.1) is 11.3 Å². The minimum atomic E-state index is -0.791. The van der Waals surface area contributed by atoms with Gasteiger partial charge in [-0.05, 0) is 6.92 Å². The summed E-state index contributed by atoms with van der Waals surface area (Å²) in [6, 6.07) is 1.78. The molecule has 0 spiro atoms. The largest absolute Gasteiger partial charge is 0.444 e. The van der Waals surface area contributed by atoms with Crippen molar-refractivity contribution in [2.75, 3.05) is 13.2 Å². The Hall–Kier alpha value is -1.38. The van der Waals surface area contributed by atoms with Crippen molar-refractivity contribution in [2.45, 2.75) is 19.3 Å². The van der Waals surface area contributed by atoms with Crippen molar-refractivity contribution >= 4 is 5.97 Å². The van der Waals surface area contributed by atoms with E-state index in [0.29, 0.717) is 13.2 Å². The lowest BCUT2D eigenvalue weighted by molar-refractivity contribution is -0.145. The Morgan fingerprint density at radius 1 is 1.64 bits per heavy atom. The molecular weight excluding hydrogens is 186 g/mol. The van der Waals surface area contributed by atoms with E-state index in [1.807, 2.05) is 0 Å². The normalized spacial score (nSPS) is 18.6. The van der Waals surface area contributed by atoms with E-state index in [9.17, 15) is 4.79 Å². The van der Waals surface area contributed by atoms with Gasteiger partial charge in [-0.2, -0.15) is 5.26 Å².